The van der Waals surface area contributed by atoms with E-state index in [1.807, 2.05) is 0 Å². The van der Waals surface area contributed by atoms with E-state index >= 15 is 0 Å². The predicted molar refractivity (Wildman–Crippen MR) is 90.8 cm³/mol. The Morgan fingerprint density at radius 1 is 0.667 bits per heavy atom. The van der Waals surface area contributed by atoms with Gasteiger partial charge in [-0.2, -0.15) is 0 Å². The van der Waals surface area contributed by atoms with Crippen LogP contribution in [0.1, 0.15) is 67.7 Å². The van der Waals surface area contributed by atoms with Gasteiger partial charge in [-0.25, -0.2) is 0 Å². The summed E-state index contributed by atoms with van der Waals surface area (Å²) in [5.41, 5.74) is 4.97. The van der Waals surface area contributed by atoms with Gasteiger partial charge in [0.1, 0.15) is 11.5 Å². The summed E-state index contributed by atoms with van der Waals surface area (Å²) in [5, 5.41) is 0. The Balaban J connectivity index is 2.83. The standard InChI is InChI=1S/C19H32O2/c1-7-8-9-10-11-12-13-17-16(4)18(20-5)14(2)15(3)19(17)21-6/h7-13H2,1-6H3. The van der Waals surface area contributed by atoms with Crippen LogP contribution in [0.5, 0.6) is 11.5 Å². The van der Waals surface area contributed by atoms with Crippen LogP contribution in [-0.4, -0.2) is 14.2 Å². The summed E-state index contributed by atoms with van der Waals surface area (Å²) in [4.78, 5) is 0. The lowest BCUT2D eigenvalue weighted by atomic mass is 9.93. The number of hydrogen-bond donors (Lipinski definition) is 0. The molecule has 0 fully saturated rings. The molecular weight excluding hydrogens is 260 g/mol. The lowest BCUT2D eigenvalue weighted by Gasteiger charge is -2.20. The van der Waals surface area contributed by atoms with E-state index in [0.717, 1.165) is 17.9 Å². The van der Waals surface area contributed by atoms with Gasteiger partial charge in [0.15, 0.2) is 0 Å². The van der Waals surface area contributed by atoms with Crippen LogP contribution in [0.3, 0.4) is 0 Å². The topological polar surface area (TPSA) is 18.5 Å². The third-order valence-electron chi connectivity index (χ3n) is 4.50. The Labute approximate surface area is 130 Å². The molecule has 0 spiro atoms. The highest BCUT2D eigenvalue weighted by Gasteiger charge is 2.18. The Hall–Kier alpha value is -1.18. The first-order valence-corrected chi connectivity index (χ1v) is 8.29. The van der Waals surface area contributed by atoms with E-state index in [4.69, 9.17) is 9.47 Å². The van der Waals surface area contributed by atoms with Gasteiger partial charge in [-0.05, 0) is 50.3 Å². The molecule has 0 heterocycles. The van der Waals surface area contributed by atoms with Gasteiger partial charge in [-0.1, -0.05) is 39.0 Å². The highest BCUT2D eigenvalue weighted by atomic mass is 16.5. The van der Waals surface area contributed by atoms with E-state index in [2.05, 4.69) is 27.7 Å². The van der Waals surface area contributed by atoms with E-state index in [-0.39, 0.29) is 0 Å². The molecule has 120 valence electrons. The van der Waals surface area contributed by atoms with Crippen molar-refractivity contribution in [3.05, 3.63) is 22.3 Å². The largest absolute Gasteiger partial charge is 0.496 e. The lowest BCUT2D eigenvalue weighted by Crippen LogP contribution is -2.04. The normalized spacial score (nSPS) is 10.8. The fourth-order valence-corrected chi connectivity index (χ4v) is 3.12. The van der Waals surface area contributed by atoms with Crippen molar-refractivity contribution in [1.29, 1.82) is 0 Å². The lowest BCUT2D eigenvalue weighted by molar-refractivity contribution is 0.390. The maximum absolute atomic E-state index is 5.68. The van der Waals surface area contributed by atoms with Crippen LogP contribution in [0, 0.1) is 20.8 Å². The Kier molecular flexibility index (Phi) is 7.63. The van der Waals surface area contributed by atoms with Gasteiger partial charge in [-0.15, -0.1) is 0 Å². The minimum absolute atomic E-state index is 1.02. The molecule has 2 heteroatoms. The van der Waals surface area contributed by atoms with E-state index in [1.54, 1.807) is 14.2 Å². The van der Waals surface area contributed by atoms with Crippen molar-refractivity contribution in [3.8, 4) is 11.5 Å². The first kappa shape index (κ1) is 17.9. The Morgan fingerprint density at radius 2 is 1.19 bits per heavy atom. The highest BCUT2D eigenvalue weighted by Crippen LogP contribution is 2.38. The van der Waals surface area contributed by atoms with Gasteiger partial charge in [0.2, 0.25) is 0 Å². The molecular formula is C19H32O2. The van der Waals surface area contributed by atoms with Crippen molar-refractivity contribution in [3.63, 3.8) is 0 Å². The molecule has 0 atom stereocenters. The summed E-state index contributed by atoms with van der Waals surface area (Å²) < 4.78 is 11.3. The van der Waals surface area contributed by atoms with Crippen LogP contribution in [0.4, 0.5) is 0 Å². The molecule has 0 aromatic heterocycles. The van der Waals surface area contributed by atoms with E-state index in [9.17, 15) is 0 Å². The van der Waals surface area contributed by atoms with Crippen molar-refractivity contribution in [2.24, 2.45) is 0 Å². The molecule has 1 rings (SSSR count). The molecule has 0 N–H and O–H groups in total. The second kappa shape index (κ2) is 8.96. The summed E-state index contributed by atoms with van der Waals surface area (Å²) >= 11 is 0. The van der Waals surface area contributed by atoms with Crippen molar-refractivity contribution in [1.82, 2.24) is 0 Å². The van der Waals surface area contributed by atoms with Gasteiger partial charge in [0.05, 0.1) is 14.2 Å². The summed E-state index contributed by atoms with van der Waals surface area (Å²) in [7, 11) is 3.54. The fraction of sp³-hybridized carbons (Fsp3) is 0.684. The first-order valence-electron chi connectivity index (χ1n) is 8.29. The van der Waals surface area contributed by atoms with Crippen LogP contribution in [0.25, 0.3) is 0 Å². The Morgan fingerprint density at radius 3 is 1.76 bits per heavy atom. The average molecular weight is 292 g/mol. The monoisotopic (exact) mass is 292 g/mol. The number of ether oxygens (including phenoxy) is 2. The smallest absolute Gasteiger partial charge is 0.125 e. The molecule has 0 aliphatic carbocycles. The zero-order chi connectivity index (χ0) is 15.8. The van der Waals surface area contributed by atoms with E-state index < -0.39 is 0 Å². The van der Waals surface area contributed by atoms with Crippen LogP contribution in [0.2, 0.25) is 0 Å². The molecule has 1 aromatic rings. The summed E-state index contributed by atoms with van der Waals surface area (Å²) in [5.74, 6) is 2.08. The number of hydrogen-bond acceptors (Lipinski definition) is 2. The third kappa shape index (κ3) is 4.39. The highest BCUT2D eigenvalue weighted by molar-refractivity contribution is 5.58. The van der Waals surface area contributed by atoms with Crippen LogP contribution < -0.4 is 9.47 Å². The number of rotatable bonds is 9. The number of benzene rings is 1. The molecule has 0 amide bonds. The quantitative estimate of drug-likeness (QED) is 0.557. The summed E-state index contributed by atoms with van der Waals surface area (Å²) in [6, 6.07) is 0. The van der Waals surface area contributed by atoms with Crippen molar-refractivity contribution in [2.75, 3.05) is 14.2 Å². The van der Waals surface area contributed by atoms with Gasteiger partial charge in [-0.3, -0.25) is 0 Å². The maximum atomic E-state index is 5.68. The minimum atomic E-state index is 1.02. The molecule has 0 radical (unpaired) electrons. The molecule has 21 heavy (non-hydrogen) atoms. The minimum Gasteiger partial charge on any atom is -0.496 e. The van der Waals surface area contributed by atoms with Crippen LogP contribution >= 0.6 is 0 Å². The van der Waals surface area contributed by atoms with Gasteiger partial charge in [0, 0.05) is 5.56 Å². The van der Waals surface area contributed by atoms with Gasteiger partial charge >= 0.3 is 0 Å². The fourth-order valence-electron chi connectivity index (χ4n) is 3.12. The molecule has 2 nitrogen and oxygen atoms in total. The third-order valence-corrected chi connectivity index (χ3v) is 4.50. The molecule has 0 saturated carbocycles. The first-order chi connectivity index (χ1) is 10.1. The van der Waals surface area contributed by atoms with E-state index in [1.165, 1.54) is 60.8 Å². The van der Waals surface area contributed by atoms with Gasteiger partial charge < -0.3 is 9.47 Å². The molecule has 0 aliphatic rings. The SMILES string of the molecule is CCCCCCCCc1c(C)c(OC)c(C)c(C)c1OC. The van der Waals surface area contributed by atoms with Crippen LogP contribution in [0.15, 0.2) is 0 Å². The van der Waals surface area contributed by atoms with Crippen molar-refractivity contribution >= 4 is 0 Å². The second-order valence-electron chi connectivity index (χ2n) is 5.94. The number of methoxy groups -OCH3 is 2. The summed E-state index contributed by atoms with van der Waals surface area (Å²) in [6.07, 6.45) is 8.99. The molecule has 0 saturated heterocycles. The average Bonchev–Trinajstić information content (AvgIpc) is 2.48. The molecule has 0 unspecified atom stereocenters. The van der Waals surface area contributed by atoms with Crippen molar-refractivity contribution < 1.29 is 9.47 Å². The summed E-state index contributed by atoms with van der Waals surface area (Å²) in [6.45, 7) is 8.65. The Bertz CT molecular complexity index is 450. The van der Waals surface area contributed by atoms with Crippen LogP contribution in [-0.2, 0) is 6.42 Å². The van der Waals surface area contributed by atoms with Crippen molar-refractivity contribution in [2.45, 2.75) is 72.6 Å². The molecule has 1 aromatic carbocycles. The predicted octanol–water partition coefficient (Wildman–Crippen LogP) is 5.53. The maximum Gasteiger partial charge on any atom is 0.125 e. The second-order valence-corrected chi connectivity index (χ2v) is 5.94. The van der Waals surface area contributed by atoms with E-state index in [0.29, 0.717) is 0 Å². The van der Waals surface area contributed by atoms with Gasteiger partial charge in [0.25, 0.3) is 0 Å². The zero-order valence-electron chi connectivity index (χ0n) is 14.8. The molecule has 0 aliphatic heterocycles. The molecule has 0 bridgehead atoms. The number of unbranched alkanes of at least 4 members (excludes halogenated alkanes) is 5. The zero-order valence-corrected chi connectivity index (χ0v) is 14.8.